The number of piperazine rings is 1. The second-order valence-electron chi connectivity index (χ2n) is 15.5. The molecular weight excluding hydrogens is 688 g/mol. The molecule has 0 radical (unpaired) electrons. The number of aromatic nitrogens is 4. The van der Waals surface area contributed by atoms with Crippen molar-refractivity contribution in [3.8, 4) is 22.9 Å². The Hall–Kier alpha value is -5.31. The maximum absolute atomic E-state index is 13.9. The molecule has 0 saturated carbocycles. The van der Waals surface area contributed by atoms with Gasteiger partial charge < -0.3 is 33.9 Å². The molecular formula is C40H46N8O6. The summed E-state index contributed by atoms with van der Waals surface area (Å²) in [6.07, 6.45) is 6.21. The van der Waals surface area contributed by atoms with Crippen LogP contribution in [0.3, 0.4) is 0 Å². The molecule has 0 bridgehead atoms. The second-order valence-corrected chi connectivity index (χ2v) is 15.5. The van der Waals surface area contributed by atoms with Crippen molar-refractivity contribution in [1.29, 1.82) is 0 Å². The summed E-state index contributed by atoms with van der Waals surface area (Å²) >= 11 is 0. The van der Waals surface area contributed by atoms with Crippen LogP contribution >= 0.6 is 0 Å². The Bertz CT molecular complexity index is 2220. The first-order valence-corrected chi connectivity index (χ1v) is 18.5. The van der Waals surface area contributed by atoms with Gasteiger partial charge in [0.15, 0.2) is 0 Å². The van der Waals surface area contributed by atoms with Gasteiger partial charge >= 0.3 is 5.56 Å². The van der Waals surface area contributed by atoms with E-state index in [1.807, 2.05) is 12.1 Å². The van der Waals surface area contributed by atoms with Crippen LogP contribution in [0.15, 0.2) is 60.2 Å². The highest BCUT2D eigenvalue weighted by atomic mass is 16.5. The molecule has 3 aliphatic heterocycles. The Morgan fingerprint density at radius 2 is 1.94 bits per heavy atom. The van der Waals surface area contributed by atoms with E-state index in [4.69, 9.17) is 9.47 Å². The number of carbonyl (C=O) groups excluding carboxylic acids is 2. The molecule has 1 unspecified atom stereocenters. The smallest absolute Gasteiger partial charge is 0.313 e. The first-order chi connectivity index (χ1) is 25.9. The van der Waals surface area contributed by atoms with Crippen molar-refractivity contribution < 1.29 is 24.2 Å². The van der Waals surface area contributed by atoms with Crippen molar-refractivity contribution in [1.82, 2.24) is 24.0 Å². The number of carbonyl (C=O) groups is 2. The van der Waals surface area contributed by atoms with Gasteiger partial charge in [-0.25, -0.2) is 9.97 Å². The average Bonchev–Trinajstić information content (AvgIpc) is 3.61. The van der Waals surface area contributed by atoms with Gasteiger partial charge in [-0.1, -0.05) is 20.4 Å². The molecule has 1 aromatic carbocycles. The number of fused-ring (bicyclic) bond motifs is 3. The van der Waals surface area contributed by atoms with E-state index in [9.17, 15) is 19.5 Å². The lowest BCUT2D eigenvalue weighted by molar-refractivity contribution is -0.111. The Morgan fingerprint density at radius 1 is 1.13 bits per heavy atom. The fraction of sp³-hybridized carbons (Fsp3) is 0.425. The molecule has 6 heterocycles. The quantitative estimate of drug-likeness (QED) is 0.244. The molecule has 0 spiro atoms. The van der Waals surface area contributed by atoms with Crippen LogP contribution in [0.25, 0.3) is 11.3 Å². The number of ether oxygens (including phenoxy) is 2. The maximum Gasteiger partial charge on any atom is 0.313 e. The number of pyridine rings is 1. The van der Waals surface area contributed by atoms with Gasteiger partial charge in [-0.15, -0.1) is 0 Å². The fourth-order valence-corrected chi connectivity index (χ4v) is 8.33. The molecule has 2 N–H and O–H groups in total. The lowest BCUT2D eigenvalue weighted by Crippen LogP contribution is -2.59. The summed E-state index contributed by atoms with van der Waals surface area (Å²) < 4.78 is 15.1. The molecule has 1 aliphatic carbocycles. The summed E-state index contributed by atoms with van der Waals surface area (Å²) in [6.45, 7) is 14.9. The SMILES string of the molecule is C=CC(=O)Nc1cc(Oc2nc(-c3ccnc(N4CCn5c(cc6c5CC(C)(C)C6)C4=O)c3CO)cn(C)c2=O)ccc1N1CCN(C2COC2)CC1C. The van der Waals surface area contributed by atoms with E-state index in [2.05, 4.69) is 57.0 Å². The Balaban J connectivity index is 1.08. The van der Waals surface area contributed by atoms with Crippen LogP contribution in [0.5, 0.6) is 11.6 Å². The number of anilines is 3. The Morgan fingerprint density at radius 3 is 2.67 bits per heavy atom. The van der Waals surface area contributed by atoms with E-state index >= 15 is 0 Å². The van der Waals surface area contributed by atoms with Crippen LogP contribution in [-0.4, -0.2) is 92.4 Å². The number of aliphatic hydroxyl groups excluding tert-OH is 1. The molecule has 54 heavy (non-hydrogen) atoms. The Labute approximate surface area is 313 Å². The monoisotopic (exact) mass is 734 g/mol. The third kappa shape index (κ3) is 6.37. The number of rotatable bonds is 9. The number of hydrogen-bond donors (Lipinski definition) is 2. The number of aliphatic hydroxyl groups is 1. The van der Waals surface area contributed by atoms with Crippen LogP contribution in [-0.2, 0) is 42.6 Å². The van der Waals surface area contributed by atoms with Crippen molar-refractivity contribution in [2.75, 3.05) is 54.5 Å². The summed E-state index contributed by atoms with van der Waals surface area (Å²) in [5.74, 6) is -0.0915. The normalized spacial score (nSPS) is 19.6. The van der Waals surface area contributed by atoms with E-state index in [0.29, 0.717) is 58.9 Å². The molecule has 14 nitrogen and oxygen atoms in total. The summed E-state index contributed by atoms with van der Waals surface area (Å²) in [7, 11) is 1.60. The highest BCUT2D eigenvalue weighted by Gasteiger charge is 2.38. The van der Waals surface area contributed by atoms with Gasteiger partial charge in [0.05, 0.1) is 42.9 Å². The van der Waals surface area contributed by atoms with Crippen LogP contribution < -0.4 is 25.4 Å². The van der Waals surface area contributed by atoms with Gasteiger partial charge in [0.1, 0.15) is 17.3 Å². The van der Waals surface area contributed by atoms with Gasteiger partial charge in [0.25, 0.3) is 11.8 Å². The van der Waals surface area contributed by atoms with Crippen molar-refractivity contribution in [2.45, 2.75) is 58.8 Å². The zero-order valence-corrected chi connectivity index (χ0v) is 31.2. The van der Waals surface area contributed by atoms with Crippen molar-refractivity contribution in [3.05, 3.63) is 88.2 Å². The van der Waals surface area contributed by atoms with Gasteiger partial charge in [-0.2, -0.15) is 0 Å². The standard InChI is InChI=1S/C40H46N8O6/c1-6-35(50)42-30-16-27(7-8-32(30)46-12-11-45(19-24(46)2)26-22-53-23-26)54-37-39(52)44(5)20-31(43-37)28-9-10-41-36(29(28)21-49)48-14-13-47-33(38(48)51)15-25-17-40(3,4)18-34(25)47/h6-10,15-16,20,24,26,49H,1,11-14,17-19,21-23H2,2-5H3,(H,42,50). The van der Waals surface area contributed by atoms with Crippen LogP contribution in [0, 0.1) is 5.41 Å². The highest BCUT2D eigenvalue weighted by Crippen LogP contribution is 2.40. The van der Waals surface area contributed by atoms with E-state index in [1.165, 1.54) is 21.9 Å². The molecule has 8 rings (SSSR count). The number of hydrogen-bond acceptors (Lipinski definition) is 10. The second kappa shape index (κ2) is 13.8. The molecule has 1 atom stereocenters. The largest absolute Gasteiger partial charge is 0.435 e. The molecule has 4 aromatic rings. The molecule has 4 aliphatic rings. The van der Waals surface area contributed by atoms with Gasteiger partial charge in [0.2, 0.25) is 5.91 Å². The molecule has 3 aromatic heterocycles. The first kappa shape index (κ1) is 35.7. The number of aryl methyl sites for hydroxylation is 1. The maximum atomic E-state index is 13.9. The first-order valence-electron chi connectivity index (χ1n) is 18.5. The van der Waals surface area contributed by atoms with Gasteiger partial charge in [-0.05, 0) is 61.1 Å². The van der Waals surface area contributed by atoms with E-state index < -0.39 is 12.2 Å². The van der Waals surface area contributed by atoms with Crippen molar-refractivity contribution in [2.24, 2.45) is 12.5 Å². The van der Waals surface area contributed by atoms with Crippen LogP contribution in [0.1, 0.15) is 48.1 Å². The molecule has 2 amide bonds. The minimum atomic E-state index is -0.479. The number of benzene rings is 1. The van der Waals surface area contributed by atoms with E-state index in [0.717, 1.165) is 51.4 Å². The number of nitrogens with one attached hydrogen (secondary N) is 1. The lowest BCUT2D eigenvalue weighted by Gasteiger charge is -2.46. The topological polar surface area (TPSA) is 147 Å². The Kier molecular flexibility index (Phi) is 9.15. The summed E-state index contributed by atoms with van der Waals surface area (Å²) in [6, 6.07) is 9.63. The van der Waals surface area contributed by atoms with E-state index in [-0.39, 0.29) is 29.2 Å². The third-order valence-electron chi connectivity index (χ3n) is 11.1. The molecule has 14 heteroatoms. The average molecular weight is 735 g/mol. The fourth-order valence-electron chi connectivity index (χ4n) is 8.33. The summed E-state index contributed by atoms with van der Waals surface area (Å²) in [5, 5.41) is 13.6. The molecule has 282 valence electrons. The summed E-state index contributed by atoms with van der Waals surface area (Å²) in [4.78, 5) is 55.4. The predicted octanol–water partition coefficient (Wildman–Crippen LogP) is 3.75. The number of nitrogens with zero attached hydrogens (tertiary/aromatic N) is 7. The van der Waals surface area contributed by atoms with Gasteiger partial charge in [-0.3, -0.25) is 24.2 Å². The van der Waals surface area contributed by atoms with Crippen LogP contribution in [0.4, 0.5) is 17.2 Å². The number of amides is 2. The van der Waals surface area contributed by atoms with Crippen molar-refractivity contribution >= 4 is 29.0 Å². The van der Waals surface area contributed by atoms with Gasteiger partial charge in [0, 0.05) is 81.1 Å². The zero-order chi connectivity index (χ0) is 37.9. The van der Waals surface area contributed by atoms with E-state index in [1.54, 1.807) is 42.5 Å². The highest BCUT2D eigenvalue weighted by molar-refractivity contribution is 6.06. The predicted molar refractivity (Wildman–Crippen MR) is 204 cm³/mol. The lowest BCUT2D eigenvalue weighted by atomic mass is 9.90. The van der Waals surface area contributed by atoms with Crippen LogP contribution in [0.2, 0.25) is 0 Å². The summed E-state index contributed by atoms with van der Waals surface area (Å²) in [5.41, 5.74) is 5.39. The third-order valence-corrected chi connectivity index (χ3v) is 11.1. The minimum absolute atomic E-state index is 0.168. The molecule has 2 fully saturated rings. The minimum Gasteiger partial charge on any atom is -0.435 e. The zero-order valence-electron chi connectivity index (χ0n) is 31.2. The van der Waals surface area contributed by atoms with Crippen molar-refractivity contribution in [3.63, 3.8) is 0 Å². The molecule has 2 saturated heterocycles.